The summed E-state index contributed by atoms with van der Waals surface area (Å²) in [5, 5.41) is 4.95. The van der Waals surface area contributed by atoms with Crippen molar-refractivity contribution >= 4 is 34.1 Å². The average Bonchev–Trinajstić information content (AvgIpc) is 3.33. The monoisotopic (exact) mass is 422 g/mol. The summed E-state index contributed by atoms with van der Waals surface area (Å²) in [7, 11) is 1.57. The molecule has 4 heterocycles. The Balaban J connectivity index is 1.76. The molecule has 0 aliphatic heterocycles. The van der Waals surface area contributed by atoms with Crippen LogP contribution >= 0.6 is 11.6 Å². The number of imidazole rings is 1. The van der Waals surface area contributed by atoms with E-state index in [-0.39, 0.29) is 23.4 Å². The van der Waals surface area contributed by atoms with Gasteiger partial charge in [0.15, 0.2) is 17.3 Å². The molecule has 0 amide bonds. The highest BCUT2D eigenvalue weighted by molar-refractivity contribution is 6.33. The number of nitrogens with two attached hydrogens (primary N) is 1. The zero-order valence-electron chi connectivity index (χ0n) is 15.7. The van der Waals surface area contributed by atoms with Crippen LogP contribution in [0.15, 0.2) is 54.0 Å². The number of nitrogen functional groups attached to an aromatic ring is 1. The van der Waals surface area contributed by atoms with E-state index in [4.69, 9.17) is 22.1 Å². The molecule has 0 bridgehead atoms. The van der Waals surface area contributed by atoms with Crippen LogP contribution in [0.1, 0.15) is 5.82 Å². The van der Waals surface area contributed by atoms with Crippen LogP contribution in [-0.2, 0) is 6.54 Å². The van der Waals surface area contributed by atoms with Gasteiger partial charge >= 0.3 is 0 Å². The van der Waals surface area contributed by atoms with Crippen LogP contribution < -0.4 is 16.0 Å². The lowest BCUT2D eigenvalue weighted by Crippen LogP contribution is -2.27. The smallest absolute Gasteiger partial charge is 0.284 e. The van der Waals surface area contributed by atoms with E-state index in [9.17, 15) is 4.79 Å². The summed E-state index contributed by atoms with van der Waals surface area (Å²) >= 11 is 6.24. The molecule has 5 rings (SSSR count). The molecular formula is C19H15ClN8O2. The third-order valence-corrected chi connectivity index (χ3v) is 5.06. The lowest BCUT2D eigenvalue weighted by Gasteiger charge is -2.14. The summed E-state index contributed by atoms with van der Waals surface area (Å²) in [6.07, 6.45) is 4.60. The number of hydrogen-bond donors (Lipinski definition) is 1. The molecule has 1 aromatic carbocycles. The Labute approximate surface area is 174 Å². The van der Waals surface area contributed by atoms with Crippen LogP contribution in [0.25, 0.3) is 22.4 Å². The van der Waals surface area contributed by atoms with Crippen LogP contribution in [-0.4, -0.2) is 40.8 Å². The van der Waals surface area contributed by atoms with Gasteiger partial charge in [0.2, 0.25) is 0 Å². The van der Waals surface area contributed by atoms with Crippen molar-refractivity contribution in [1.82, 2.24) is 33.7 Å². The first-order valence-corrected chi connectivity index (χ1v) is 9.29. The van der Waals surface area contributed by atoms with Crippen molar-refractivity contribution < 1.29 is 4.74 Å². The molecule has 30 heavy (non-hydrogen) atoms. The molecule has 0 fully saturated rings. The van der Waals surface area contributed by atoms with Crippen LogP contribution in [0.3, 0.4) is 0 Å². The van der Waals surface area contributed by atoms with E-state index in [1.54, 1.807) is 54.5 Å². The van der Waals surface area contributed by atoms with Crippen molar-refractivity contribution in [3.63, 3.8) is 0 Å². The standard InChI is InChI=1S/C19H15ClN8O2/c1-30-12-4-2-3-11(7-12)28-14(25-27-6-5-13(20)16(27)19(28)29)8-26-10-24-15-17(21)22-9-23-18(15)26/h2-7,9-10H,8H2,1H3,(H2,21,22,23). The SMILES string of the molecule is COc1cccc(-n2c(Cn3cnc4c(N)ncnc43)nn3ccc(Cl)c3c2=O)c1. The lowest BCUT2D eigenvalue weighted by atomic mass is 10.3. The van der Waals surface area contributed by atoms with Crippen LogP contribution in [0.4, 0.5) is 5.82 Å². The third-order valence-electron chi connectivity index (χ3n) is 4.76. The van der Waals surface area contributed by atoms with Crippen molar-refractivity contribution in [2.75, 3.05) is 12.8 Å². The maximum Gasteiger partial charge on any atom is 0.284 e. The van der Waals surface area contributed by atoms with Gasteiger partial charge in [0, 0.05) is 12.3 Å². The van der Waals surface area contributed by atoms with E-state index in [1.807, 2.05) is 0 Å². The van der Waals surface area contributed by atoms with E-state index in [0.29, 0.717) is 33.4 Å². The lowest BCUT2D eigenvalue weighted by molar-refractivity contribution is 0.414. The van der Waals surface area contributed by atoms with Crippen LogP contribution in [0.2, 0.25) is 5.02 Å². The van der Waals surface area contributed by atoms with Crippen LogP contribution in [0, 0.1) is 0 Å². The van der Waals surface area contributed by atoms with E-state index >= 15 is 0 Å². The molecule has 2 N–H and O–H groups in total. The van der Waals surface area contributed by atoms with Gasteiger partial charge in [-0.1, -0.05) is 17.7 Å². The predicted molar refractivity (Wildman–Crippen MR) is 111 cm³/mol. The van der Waals surface area contributed by atoms with Crippen molar-refractivity contribution in [3.05, 3.63) is 70.4 Å². The molecule has 0 radical (unpaired) electrons. The van der Waals surface area contributed by atoms with Gasteiger partial charge in [-0.15, -0.1) is 0 Å². The number of rotatable bonds is 4. The van der Waals surface area contributed by atoms with E-state index < -0.39 is 0 Å². The highest BCUT2D eigenvalue weighted by atomic mass is 35.5. The maximum absolute atomic E-state index is 13.4. The summed E-state index contributed by atoms with van der Waals surface area (Å²) in [6, 6.07) is 8.79. The summed E-state index contributed by atoms with van der Waals surface area (Å²) in [4.78, 5) is 25.9. The molecule has 0 aliphatic carbocycles. The van der Waals surface area contributed by atoms with Gasteiger partial charge in [0.05, 0.1) is 30.7 Å². The Kier molecular flexibility index (Phi) is 4.14. The summed E-state index contributed by atoms with van der Waals surface area (Å²) in [5.74, 6) is 1.34. The van der Waals surface area contributed by atoms with E-state index in [0.717, 1.165) is 0 Å². The van der Waals surface area contributed by atoms with E-state index in [2.05, 4.69) is 20.1 Å². The fourth-order valence-electron chi connectivity index (χ4n) is 3.36. The molecule has 5 aromatic rings. The topological polar surface area (TPSA) is 118 Å². The van der Waals surface area contributed by atoms with Crippen LogP contribution in [0.5, 0.6) is 5.75 Å². The second-order valence-electron chi connectivity index (χ2n) is 6.52. The van der Waals surface area contributed by atoms with Crippen molar-refractivity contribution in [3.8, 4) is 11.4 Å². The number of ether oxygens (including phenoxy) is 1. The number of benzene rings is 1. The number of methoxy groups -OCH3 is 1. The van der Waals surface area contributed by atoms with Gasteiger partial charge in [-0.25, -0.2) is 19.5 Å². The second-order valence-corrected chi connectivity index (χ2v) is 6.93. The van der Waals surface area contributed by atoms with Crippen molar-refractivity contribution in [2.24, 2.45) is 0 Å². The Bertz CT molecular complexity index is 1470. The summed E-state index contributed by atoms with van der Waals surface area (Å²) in [5.41, 5.74) is 7.49. The van der Waals surface area contributed by atoms with Gasteiger partial charge in [-0.05, 0) is 18.2 Å². The largest absolute Gasteiger partial charge is 0.497 e. The fraction of sp³-hybridized carbons (Fsp3) is 0.105. The fourth-order valence-corrected chi connectivity index (χ4v) is 3.58. The number of anilines is 1. The molecule has 0 aliphatic rings. The molecule has 0 atom stereocenters. The zero-order chi connectivity index (χ0) is 20.8. The molecular weight excluding hydrogens is 408 g/mol. The minimum atomic E-state index is -0.304. The number of halogens is 1. The van der Waals surface area contributed by atoms with Gasteiger partial charge in [0.1, 0.15) is 23.1 Å². The first-order chi connectivity index (χ1) is 14.6. The van der Waals surface area contributed by atoms with Gasteiger partial charge in [-0.3, -0.25) is 9.36 Å². The summed E-state index contributed by atoms with van der Waals surface area (Å²) < 4.78 is 10.0. The molecule has 0 saturated heterocycles. The Morgan fingerprint density at radius 3 is 2.90 bits per heavy atom. The first-order valence-electron chi connectivity index (χ1n) is 8.91. The second kappa shape index (κ2) is 6.85. The van der Waals surface area contributed by atoms with E-state index in [1.165, 1.54) is 15.4 Å². The zero-order valence-corrected chi connectivity index (χ0v) is 16.5. The molecule has 0 spiro atoms. The van der Waals surface area contributed by atoms with Gasteiger partial charge in [-0.2, -0.15) is 5.10 Å². The Hall–Kier alpha value is -3.92. The Morgan fingerprint density at radius 2 is 2.07 bits per heavy atom. The predicted octanol–water partition coefficient (Wildman–Crippen LogP) is 1.92. The normalized spacial score (nSPS) is 11.4. The van der Waals surface area contributed by atoms with Gasteiger partial charge in [0.25, 0.3) is 5.56 Å². The highest BCUT2D eigenvalue weighted by Gasteiger charge is 2.18. The maximum atomic E-state index is 13.4. The Morgan fingerprint density at radius 1 is 1.20 bits per heavy atom. The number of aromatic nitrogens is 7. The third kappa shape index (κ3) is 2.77. The number of nitrogens with zero attached hydrogens (tertiary/aromatic N) is 7. The molecule has 11 heteroatoms. The molecule has 150 valence electrons. The van der Waals surface area contributed by atoms with Crippen molar-refractivity contribution in [2.45, 2.75) is 6.54 Å². The molecule has 0 saturated carbocycles. The number of fused-ring (bicyclic) bond motifs is 2. The van der Waals surface area contributed by atoms with Gasteiger partial charge < -0.3 is 15.0 Å². The molecule has 10 nitrogen and oxygen atoms in total. The molecule has 4 aromatic heterocycles. The minimum absolute atomic E-state index is 0.213. The highest BCUT2D eigenvalue weighted by Crippen LogP contribution is 2.21. The quantitative estimate of drug-likeness (QED) is 0.470. The average molecular weight is 423 g/mol. The number of hydrogen-bond acceptors (Lipinski definition) is 7. The summed E-state index contributed by atoms with van der Waals surface area (Å²) in [6.45, 7) is 0.213. The first kappa shape index (κ1) is 18.1. The minimum Gasteiger partial charge on any atom is -0.497 e. The molecule has 0 unspecified atom stereocenters. The van der Waals surface area contributed by atoms with Crippen molar-refractivity contribution in [1.29, 1.82) is 0 Å².